The number of hydrogen-bond donors (Lipinski definition) is 1. The normalized spacial score (nSPS) is 17.9. The first-order valence-electron chi connectivity index (χ1n) is 6.77. The van der Waals surface area contributed by atoms with E-state index in [0.29, 0.717) is 19.1 Å². The van der Waals surface area contributed by atoms with E-state index < -0.39 is 0 Å². The summed E-state index contributed by atoms with van der Waals surface area (Å²) in [4.78, 5) is 0. The average Bonchev–Trinajstić information content (AvgIpc) is 2.39. The van der Waals surface area contributed by atoms with Crippen LogP contribution in [-0.2, 0) is 6.42 Å². The van der Waals surface area contributed by atoms with Gasteiger partial charge in [-0.3, -0.25) is 0 Å². The molecule has 1 atom stereocenters. The van der Waals surface area contributed by atoms with Gasteiger partial charge in [0.05, 0.1) is 6.61 Å². The predicted octanol–water partition coefficient (Wildman–Crippen LogP) is 3.08. The molecule has 0 radical (unpaired) electrons. The van der Waals surface area contributed by atoms with Gasteiger partial charge in [0.25, 0.3) is 0 Å². The summed E-state index contributed by atoms with van der Waals surface area (Å²) in [5.74, 6) is 3.53. The van der Waals surface area contributed by atoms with Crippen LogP contribution in [0.25, 0.3) is 0 Å². The monoisotopic (exact) mass is 243 g/mol. The predicted molar refractivity (Wildman–Crippen MR) is 74.7 cm³/mol. The molecule has 2 nitrogen and oxygen atoms in total. The molecule has 1 N–H and O–H groups in total. The van der Waals surface area contributed by atoms with Crippen molar-refractivity contribution in [3.05, 3.63) is 29.3 Å². The third-order valence-corrected chi connectivity index (χ3v) is 3.39. The van der Waals surface area contributed by atoms with E-state index in [0.717, 1.165) is 18.7 Å². The lowest BCUT2D eigenvalue weighted by Crippen LogP contribution is -2.24. The lowest BCUT2D eigenvalue weighted by atomic mass is 9.87. The van der Waals surface area contributed by atoms with E-state index in [1.54, 1.807) is 0 Å². The van der Waals surface area contributed by atoms with Crippen molar-refractivity contribution in [1.29, 1.82) is 0 Å². The second-order valence-electron chi connectivity index (χ2n) is 4.67. The molecule has 2 heteroatoms. The van der Waals surface area contributed by atoms with Gasteiger partial charge in [0.2, 0.25) is 0 Å². The van der Waals surface area contributed by atoms with Gasteiger partial charge in [-0.05, 0) is 49.1 Å². The van der Waals surface area contributed by atoms with E-state index in [4.69, 9.17) is 11.2 Å². The molecule has 0 aromatic heterocycles. The number of benzene rings is 1. The lowest BCUT2D eigenvalue weighted by molar-refractivity contribution is 0.326. The SMILES string of the molecule is C#CCCOc1ccc2c(c1)CCCC2NCC. The van der Waals surface area contributed by atoms with Gasteiger partial charge in [0, 0.05) is 12.5 Å². The highest BCUT2D eigenvalue weighted by Gasteiger charge is 2.19. The molecular formula is C16H21NO. The number of nitrogens with one attached hydrogen (secondary N) is 1. The summed E-state index contributed by atoms with van der Waals surface area (Å²) in [5, 5.41) is 3.55. The van der Waals surface area contributed by atoms with E-state index in [-0.39, 0.29) is 0 Å². The molecule has 1 aromatic rings. The Morgan fingerprint density at radius 2 is 2.39 bits per heavy atom. The molecule has 0 heterocycles. The largest absolute Gasteiger partial charge is 0.493 e. The topological polar surface area (TPSA) is 21.3 Å². The number of aryl methyl sites for hydroxylation is 1. The van der Waals surface area contributed by atoms with Crippen LogP contribution in [0, 0.1) is 12.3 Å². The lowest BCUT2D eigenvalue weighted by Gasteiger charge is -2.26. The molecule has 96 valence electrons. The molecule has 1 unspecified atom stereocenters. The number of fused-ring (bicyclic) bond motifs is 1. The van der Waals surface area contributed by atoms with Crippen LogP contribution in [0.4, 0.5) is 0 Å². The third kappa shape index (κ3) is 3.05. The number of hydrogen-bond acceptors (Lipinski definition) is 2. The first-order valence-corrected chi connectivity index (χ1v) is 6.77. The fraction of sp³-hybridized carbons (Fsp3) is 0.500. The van der Waals surface area contributed by atoms with Crippen LogP contribution in [-0.4, -0.2) is 13.2 Å². The quantitative estimate of drug-likeness (QED) is 0.634. The highest BCUT2D eigenvalue weighted by Crippen LogP contribution is 2.32. The Morgan fingerprint density at radius 3 is 3.17 bits per heavy atom. The highest BCUT2D eigenvalue weighted by atomic mass is 16.5. The molecule has 1 aliphatic carbocycles. The van der Waals surface area contributed by atoms with Crippen molar-refractivity contribution in [2.24, 2.45) is 0 Å². The summed E-state index contributed by atoms with van der Waals surface area (Å²) < 4.78 is 5.64. The van der Waals surface area contributed by atoms with E-state index in [9.17, 15) is 0 Å². The first-order chi connectivity index (χ1) is 8.85. The zero-order valence-electron chi connectivity index (χ0n) is 11.0. The fourth-order valence-corrected chi connectivity index (χ4v) is 2.57. The Hall–Kier alpha value is -1.46. The number of terminal acetylenes is 1. The molecule has 2 rings (SSSR count). The highest BCUT2D eigenvalue weighted by molar-refractivity contribution is 5.39. The smallest absolute Gasteiger partial charge is 0.119 e. The van der Waals surface area contributed by atoms with Crippen molar-refractivity contribution in [2.45, 2.75) is 38.6 Å². The minimum absolute atomic E-state index is 0.513. The van der Waals surface area contributed by atoms with Crippen LogP contribution in [0.3, 0.4) is 0 Å². The maximum absolute atomic E-state index is 5.64. The van der Waals surface area contributed by atoms with Crippen LogP contribution in [0.2, 0.25) is 0 Å². The van der Waals surface area contributed by atoms with Crippen molar-refractivity contribution in [1.82, 2.24) is 5.32 Å². The number of ether oxygens (including phenoxy) is 1. The molecule has 18 heavy (non-hydrogen) atoms. The zero-order valence-corrected chi connectivity index (χ0v) is 11.0. The fourth-order valence-electron chi connectivity index (χ4n) is 2.57. The molecule has 0 saturated carbocycles. The van der Waals surface area contributed by atoms with Crippen LogP contribution >= 0.6 is 0 Å². The van der Waals surface area contributed by atoms with Gasteiger partial charge in [-0.2, -0.15) is 0 Å². The summed E-state index contributed by atoms with van der Waals surface area (Å²) in [7, 11) is 0. The Bertz CT molecular complexity index is 433. The second-order valence-corrected chi connectivity index (χ2v) is 4.67. The van der Waals surface area contributed by atoms with Gasteiger partial charge in [0.1, 0.15) is 5.75 Å². The molecule has 1 aromatic carbocycles. The van der Waals surface area contributed by atoms with Gasteiger partial charge >= 0.3 is 0 Å². The molecule has 0 saturated heterocycles. The third-order valence-electron chi connectivity index (χ3n) is 3.39. The van der Waals surface area contributed by atoms with Crippen LogP contribution in [0.1, 0.15) is 43.4 Å². The molecule has 0 spiro atoms. The zero-order chi connectivity index (χ0) is 12.8. The van der Waals surface area contributed by atoms with Crippen molar-refractivity contribution < 1.29 is 4.74 Å². The van der Waals surface area contributed by atoms with E-state index >= 15 is 0 Å². The molecular weight excluding hydrogens is 222 g/mol. The van der Waals surface area contributed by atoms with Crippen molar-refractivity contribution in [2.75, 3.05) is 13.2 Å². The second kappa shape index (κ2) is 6.47. The van der Waals surface area contributed by atoms with Gasteiger partial charge in [0.15, 0.2) is 0 Å². The van der Waals surface area contributed by atoms with E-state index in [1.165, 1.54) is 24.0 Å². The van der Waals surface area contributed by atoms with Gasteiger partial charge < -0.3 is 10.1 Å². The first kappa shape index (κ1) is 13.0. The molecule has 0 aliphatic heterocycles. The number of rotatable bonds is 5. The molecule has 0 amide bonds. The molecule has 0 bridgehead atoms. The van der Waals surface area contributed by atoms with Crippen molar-refractivity contribution in [3.8, 4) is 18.1 Å². The van der Waals surface area contributed by atoms with Crippen LogP contribution in [0.15, 0.2) is 18.2 Å². The van der Waals surface area contributed by atoms with E-state index in [2.05, 4.69) is 36.4 Å². The average molecular weight is 243 g/mol. The summed E-state index contributed by atoms with van der Waals surface area (Å²) in [5.41, 5.74) is 2.86. The Morgan fingerprint density at radius 1 is 1.50 bits per heavy atom. The Labute approximate surface area is 110 Å². The Kier molecular flexibility index (Phi) is 4.66. The van der Waals surface area contributed by atoms with Gasteiger partial charge in [-0.25, -0.2) is 0 Å². The summed E-state index contributed by atoms with van der Waals surface area (Å²) in [6.45, 7) is 3.78. The Balaban J connectivity index is 2.09. The molecule has 1 aliphatic rings. The van der Waals surface area contributed by atoms with Crippen molar-refractivity contribution >= 4 is 0 Å². The summed E-state index contributed by atoms with van der Waals surface area (Å²) in [6, 6.07) is 6.95. The van der Waals surface area contributed by atoms with Crippen LogP contribution in [0.5, 0.6) is 5.75 Å². The summed E-state index contributed by atoms with van der Waals surface area (Å²) in [6.07, 6.45) is 9.52. The minimum Gasteiger partial charge on any atom is -0.493 e. The maximum Gasteiger partial charge on any atom is 0.119 e. The summed E-state index contributed by atoms with van der Waals surface area (Å²) >= 11 is 0. The maximum atomic E-state index is 5.64. The van der Waals surface area contributed by atoms with Crippen molar-refractivity contribution in [3.63, 3.8) is 0 Å². The standard InChI is InChI=1S/C16H21NO/c1-3-5-11-18-14-9-10-15-13(12-14)7-6-8-16(15)17-4-2/h1,9-10,12,16-17H,4-8,11H2,2H3. The molecule has 0 fully saturated rings. The van der Waals surface area contributed by atoms with E-state index in [1.807, 2.05) is 0 Å². The minimum atomic E-state index is 0.513. The van der Waals surface area contributed by atoms with Crippen LogP contribution < -0.4 is 10.1 Å². The van der Waals surface area contributed by atoms with Gasteiger partial charge in [-0.15, -0.1) is 12.3 Å². The van der Waals surface area contributed by atoms with Gasteiger partial charge in [-0.1, -0.05) is 13.0 Å².